The Labute approximate surface area is 136 Å². The number of rotatable bonds is 7. The van der Waals surface area contributed by atoms with Gasteiger partial charge in [0.25, 0.3) is 0 Å². The molecule has 1 nitrogen and oxygen atoms in total. The first-order valence-corrected chi connectivity index (χ1v) is 8.60. The van der Waals surface area contributed by atoms with Crippen LogP contribution in [-0.4, -0.2) is 0 Å². The quantitative estimate of drug-likeness (QED) is 0.576. The van der Waals surface area contributed by atoms with Crippen LogP contribution < -0.4 is 5.32 Å². The number of nitrogens with one attached hydrogen (secondary N) is 1. The summed E-state index contributed by atoms with van der Waals surface area (Å²) in [6.07, 6.45) is 5.08. The van der Waals surface area contributed by atoms with Crippen LogP contribution in [0.25, 0.3) is 0 Å². The number of benzene rings is 2. The molecule has 0 saturated carbocycles. The van der Waals surface area contributed by atoms with Crippen LogP contribution in [0.4, 0.5) is 5.69 Å². The van der Waals surface area contributed by atoms with E-state index in [1.54, 1.807) is 0 Å². The minimum Gasteiger partial charge on any atom is -0.378 e. The summed E-state index contributed by atoms with van der Waals surface area (Å²) in [6.45, 7) is 4.44. The molecule has 0 aliphatic heterocycles. The van der Waals surface area contributed by atoms with Gasteiger partial charge >= 0.3 is 0 Å². The van der Waals surface area contributed by atoms with E-state index < -0.39 is 0 Å². The van der Waals surface area contributed by atoms with Crippen LogP contribution in [0.15, 0.2) is 53.0 Å². The topological polar surface area (TPSA) is 12.0 Å². The van der Waals surface area contributed by atoms with Crippen molar-refractivity contribution in [2.24, 2.45) is 0 Å². The van der Waals surface area contributed by atoms with Crippen molar-refractivity contribution in [1.82, 2.24) is 0 Å². The van der Waals surface area contributed by atoms with Gasteiger partial charge in [0, 0.05) is 16.2 Å². The molecule has 0 spiro atoms. The Balaban J connectivity index is 1.95. The number of anilines is 1. The van der Waals surface area contributed by atoms with Crippen molar-refractivity contribution < 1.29 is 0 Å². The predicted molar refractivity (Wildman–Crippen MR) is 95.9 cm³/mol. The third-order valence-corrected chi connectivity index (χ3v) is 4.50. The summed E-state index contributed by atoms with van der Waals surface area (Å²) in [4.78, 5) is 0. The van der Waals surface area contributed by atoms with Crippen molar-refractivity contribution in [1.29, 1.82) is 0 Å². The summed E-state index contributed by atoms with van der Waals surface area (Å²) >= 11 is 3.62. The minimum absolute atomic E-state index is 0.284. The summed E-state index contributed by atoms with van der Waals surface area (Å²) in [5, 5.41) is 3.56. The normalized spacial score (nSPS) is 12.1. The van der Waals surface area contributed by atoms with E-state index >= 15 is 0 Å². The molecule has 0 saturated heterocycles. The lowest BCUT2D eigenvalue weighted by molar-refractivity contribution is 0.717. The van der Waals surface area contributed by atoms with E-state index in [4.69, 9.17) is 0 Å². The molecule has 0 heterocycles. The zero-order chi connectivity index (χ0) is 15.1. The minimum atomic E-state index is 0.284. The van der Waals surface area contributed by atoms with Crippen LogP contribution in [0, 0.1) is 0 Å². The van der Waals surface area contributed by atoms with Gasteiger partial charge in [-0.1, -0.05) is 66.0 Å². The molecule has 21 heavy (non-hydrogen) atoms. The van der Waals surface area contributed by atoms with Crippen molar-refractivity contribution >= 4 is 21.6 Å². The predicted octanol–water partition coefficient (Wildman–Crippen LogP) is 6.35. The van der Waals surface area contributed by atoms with E-state index in [1.165, 1.54) is 42.5 Å². The van der Waals surface area contributed by atoms with Gasteiger partial charge in [-0.2, -0.15) is 0 Å². The van der Waals surface area contributed by atoms with E-state index in [0.717, 1.165) is 4.47 Å². The van der Waals surface area contributed by atoms with Gasteiger partial charge < -0.3 is 5.32 Å². The highest BCUT2D eigenvalue weighted by Crippen LogP contribution is 2.26. The summed E-state index contributed by atoms with van der Waals surface area (Å²) < 4.78 is 1.15. The molecule has 0 fully saturated rings. The molecule has 2 heteroatoms. The SMILES string of the molecule is CCCCCc1ccc(NC(C)c2ccccc2Br)cc1. The molecule has 0 bridgehead atoms. The highest BCUT2D eigenvalue weighted by molar-refractivity contribution is 9.10. The molecule has 2 rings (SSSR count). The largest absolute Gasteiger partial charge is 0.378 e. The lowest BCUT2D eigenvalue weighted by Gasteiger charge is -2.17. The zero-order valence-electron chi connectivity index (χ0n) is 12.9. The summed E-state index contributed by atoms with van der Waals surface area (Å²) in [6, 6.07) is 17.5. The number of unbranched alkanes of at least 4 members (excludes halogenated alkanes) is 2. The number of halogens is 1. The standard InChI is InChI=1S/C19H24BrN/c1-3-4-5-8-16-11-13-17(14-12-16)21-15(2)18-9-6-7-10-19(18)20/h6-7,9-15,21H,3-5,8H2,1-2H3. The lowest BCUT2D eigenvalue weighted by Crippen LogP contribution is -2.07. The average Bonchev–Trinajstić information content (AvgIpc) is 2.49. The Kier molecular flexibility index (Phi) is 6.31. The fourth-order valence-corrected chi connectivity index (χ4v) is 3.13. The Bertz CT molecular complexity index is 548. The molecule has 2 aromatic carbocycles. The van der Waals surface area contributed by atoms with Crippen LogP contribution in [0.2, 0.25) is 0 Å². The van der Waals surface area contributed by atoms with E-state index in [0.29, 0.717) is 0 Å². The smallest absolute Gasteiger partial charge is 0.0496 e. The third-order valence-electron chi connectivity index (χ3n) is 3.78. The summed E-state index contributed by atoms with van der Waals surface area (Å²) in [5.74, 6) is 0. The van der Waals surface area contributed by atoms with Gasteiger partial charge in [0.2, 0.25) is 0 Å². The number of hydrogen-bond donors (Lipinski definition) is 1. The molecule has 0 aliphatic carbocycles. The van der Waals surface area contributed by atoms with Gasteiger partial charge in [-0.15, -0.1) is 0 Å². The fourth-order valence-electron chi connectivity index (χ4n) is 2.50. The first-order chi connectivity index (χ1) is 10.2. The zero-order valence-corrected chi connectivity index (χ0v) is 14.5. The Morgan fingerprint density at radius 1 is 1.00 bits per heavy atom. The van der Waals surface area contributed by atoms with E-state index in [9.17, 15) is 0 Å². The van der Waals surface area contributed by atoms with Crippen molar-refractivity contribution in [3.63, 3.8) is 0 Å². The van der Waals surface area contributed by atoms with Gasteiger partial charge in [0.1, 0.15) is 0 Å². The average molecular weight is 346 g/mol. The number of hydrogen-bond acceptors (Lipinski definition) is 1. The van der Waals surface area contributed by atoms with E-state index in [2.05, 4.69) is 77.6 Å². The summed E-state index contributed by atoms with van der Waals surface area (Å²) in [5.41, 5.74) is 3.89. The first-order valence-electron chi connectivity index (χ1n) is 7.80. The van der Waals surface area contributed by atoms with Crippen LogP contribution in [-0.2, 0) is 6.42 Å². The highest BCUT2D eigenvalue weighted by atomic mass is 79.9. The monoisotopic (exact) mass is 345 g/mol. The molecule has 1 atom stereocenters. The van der Waals surface area contributed by atoms with Gasteiger partial charge in [-0.05, 0) is 49.1 Å². The van der Waals surface area contributed by atoms with Gasteiger partial charge in [0.15, 0.2) is 0 Å². The lowest BCUT2D eigenvalue weighted by atomic mass is 10.1. The van der Waals surface area contributed by atoms with Gasteiger partial charge in [-0.25, -0.2) is 0 Å². The Hall–Kier alpha value is -1.28. The first kappa shape index (κ1) is 16.1. The molecule has 0 aromatic heterocycles. The highest BCUT2D eigenvalue weighted by Gasteiger charge is 2.08. The van der Waals surface area contributed by atoms with Crippen LogP contribution in [0.3, 0.4) is 0 Å². The Morgan fingerprint density at radius 3 is 2.38 bits per heavy atom. The van der Waals surface area contributed by atoms with Gasteiger partial charge in [0.05, 0.1) is 0 Å². The maximum absolute atomic E-state index is 3.62. The fraction of sp³-hybridized carbons (Fsp3) is 0.368. The molecule has 0 radical (unpaired) electrons. The Morgan fingerprint density at radius 2 is 1.71 bits per heavy atom. The van der Waals surface area contributed by atoms with Gasteiger partial charge in [-0.3, -0.25) is 0 Å². The number of aryl methyl sites for hydroxylation is 1. The summed E-state index contributed by atoms with van der Waals surface area (Å²) in [7, 11) is 0. The molecule has 1 N–H and O–H groups in total. The van der Waals surface area contributed by atoms with Crippen LogP contribution in [0.5, 0.6) is 0 Å². The molecule has 112 valence electrons. The third kappa shape index (κ3) is 4.89. The van der Waals surface area contributed by atoms with Crippen molar-refractivity contribution in [2.75, 3.05) is 5.32 Å². The maximum Gasteiger partial charge on any atom is 0.0496 e. The molecule has 0 amide bonds. The molecule has 2 aromatic rings. The maximum atomic E-state index is 3.62. The second-order valence-electron chi connectivity index (χ2n) is 5.54. The van der Waals surface area contributed by atoms with Crippen LogP contribution in [0.1, 0.15) is 50.3 Å². The van der Waals surface area contributed by atoms with Crippen molar-refractivity contribution in [2.45, 2.75) is 45.6 Å². The van der Waals surface area contributed by atoms with E-state index in [-0.39, 0.29) is 6.04 Å². The molecular formula is C19H24BrN. The second-order valence-corrected chi connectivity index (χ2v) is 6.40. The molecule has 0 aliphatic rings. The molecular weight excluding hydrogens is 322 g/mol. The van der Waals surface area contributed by atoms with Crippen molar-refractivity contribution in [3.05, 3.63) is 64.1 Å². The van der Waals surface area contributed by atoms with E-state index in [1.807, 2.05) is 6.07 Å². The molecule has 1 unspecified atom stereocenters. The van der Waals surface area contributed by atoms with Crippen molar-refractivity contribution in [3.8, 4) is 0 Å². The second kappa shape index (κ2) is 8.23. The van der Waals surface area contributed by atoms with Crippen LogP contribution >= 0.6 is 15.9 Å².